The van der Waals surface area contributed by atoms with Crippen molar-refractivity contribution in [1.82, 2.24) is 0 Å². The zero-order chi connectivity index (χ0) is 16.2. The van der Waals surface area contributed by atoms with Crippen molar-refractivity contribution in [2.75, 3.05) is 16.8 Å². The SMILES string of the molecule is CC1CCCCN1c1ccc(NC(=O)c2ccccc2Br)cc1.Cl. The highest BCUT2D eigenvalue weighted by Crippen LogP contribution is 2.26. The fourth-order valence-electron chi connectivity index (χ4n) is 3.06. The summed E-state index contributed by atoms with van der Waals surface area (Å²) in [6, 6.07) is 16.2. The number of halogens is 2. The molecule has 24 heavy (non-hydrogen) atoms. The molecule has 2 aromatic carbocycles. The van der Waals surface area contributed by atoms with Crippen molar-refractivity contribution in [1.29, 1.82) is 0 Å². The molecule has 1 N–H and O–H groups in total. The van der Waals surface area contributed by atoms with E-state index < -0.39 is 0 Å². The van der Waals surface area contributed by atoms with Crippen molar-refractivity contribution in [2.45, 2.75) is 32.2 Å². The Kier molecular flexibility index (Phi) is 6.69. The van der Waals surface area contributed by atoms with Gasteiger partial charge in [0, 0.05) is 28.4 Å². The number of carbonyl (C=O) groups is 1. The number of nitrogens with one attached hydrogen (secondary N) is 1. The summed E-state index contributed by atoms with van der Waals surface area (Å²) in [6.45, 7) is 3.39. The van der Waals surface area contributed by atoms with Gasteiger partial charge < -0.3 is 10.2 Å². The van der Waals surface area contributed by atoms with Crippen LogP contribution in [0.25, 0.3) is 0 Å². The number of nitrogens with zero attached hydrogens (tertiary/aromatic N) is 1. The van der Waals surface area contributed by atoms with E-state index in [1.54, 1.807) is 0 Å². The molecule has 2 aromatic rings. The van der Waals surface area contributed by atoms with Gasteiger partial charge in [-0.3, -0.25) is 4.79 Å². The first-order valence-electron chi connectivity index (χ1n) is 8.08. The first-order chi connectivity index (χ1) is 11.1. The molecule has 0 saturated carbocycles. The Labute approximate surface area is 158 Å². The van der Waals surface area contributed by atoms with Gasteiger partial charge in [0.2, 0.25) is 0 Å². The minimum absolute atomic E-state index is 0. The smallest absolute Gasteiger partial charge is 0.256 e. The summed E-state index contributed by atoms with van der Waals surface area (Å²) in [5.74, 6) is -0.100. The van der Waals surface area contributed by atoms with Crippen LogP contribution < -0.4 is 10.2 Å². The molecule has 0 spiro atoms. The summed E-state index contributed by atoms with van der Waals surface area (Å²) in [4.78, 5) is 14.8. The van der Waals surface area contributed by atoms with Crippen LogP contribution in [0.4, 0.5) is 11.4 Å². The Morgan fingerprint density at radius 3 is 2.50 bits per heavy atom. The van der Waals surface area contributed by atoms with E-state index >= 15 is 0 Å². The van der Waals surface area contributed by atoms with Crippen LogP contribution in [-0.2, 0) is 0 Å². The van der Waals surface area contributed by atoms with Gasteiger partial charge in [-0.05, 0) is 78.5 Å². The number of hydrogen-bond acceptors (Lipinski definition) is 2. The monoisotopic (exact) mass is 408 g/mol. The van der Waals surface area contributed by atoms with Gasteiger partial charge in [-0.15, -0.1) is 12.4 Å². The number of benzene rings is 2. The van der Waals surface area contributed by atoms with E-state index in [1.807, 2.05) is 36.4 Å². The Bertz CT molecular complexity index is 690. The van der Waals surface area contributed by atoms with Gasteiger partial charge in [-0.2, -0.15) is 0 Å². The van der Waals surface area contributed by atoms with Gasteiger partial charge in [0.05, 0.1) is 5.56 Å². The zero-order valence-electron chi connectivity index (χ0n) is 13.7. The first-order valence-corrected chi connectivity index (χ1v) is 8.87. The van der Waals surface area contributed by atoms with Crippen LogP contribution in [0.3, 0.4) is 0 Å². The molecule has 1 unspecified atom stereocenters. The van der Waals surface area contributed by atoms with E-state index in [4.69, 9.17) is 0 Å². The number of piperidine rings is 1. The highest BCUT2D eigenvalue weighted by Gasteiger charge is 2.18. The molecule has 5 heteroatoms. The molecule has 0 bridgehead atoms. The van der Waals surface area contributed by atoms with Crippen molar-refractivity contribution in [3.05, 3.63) is 58.6 Å². The van der Waals surface area contributed by atoms with Crippen LogP contribution in [0.15, 0.2) is 53.0 Å². The largest absolute Gasteiger partial charge is 0.369 e. The fourth-order valence-corrected chi connectivity index (χ4v) is 3.53. The molecule has 0 radical (unpaired) electrons. The average Bonchev–Trinajstić information content (AvgIpc) is 2.56. The fraction of sp³-hybridized carbons (Fsp3) is 0.316. The van der Waals surface area contributed by atoms with Crippen LogP contribution in [0.1, 0.15) is 36.5 Å². The van der Waals surface area contributed by atoms with Gasteiger partial charge in [0.1, 0.15) is 0 Å². The summed E-state index contributed by atoms with van der Waals surface area (Å²) in [5, 5.41) is 2.95. The molecule has 1 fully saturated rings. The third kappa shape index (κ3) is 4.31. The molecule has 0 aromatic heterocycles. The maximum atomic E-state index is 12.3. The standard InChI is InChI=1S/C19H21BrN2O.ClH/c1-14-6-4-5-13-22(14)16-11-9-15(10-12-16)21-19(23)17-7-2-3-8-18(17)20;/h2-3,7-12,14H,4-6,13H2,1H3,(H,21,23);1H. The summed E-state index contributed by atoms with van der Waals surface area (Å²) < 4.78 is 0.802. The number of carbonyl (C=O) groups excluding carboxylic acids is 1. The average molecular weight is 410 g/mol. The minimum atomic E-state index is -0.100. The summed E-state index contributed by atoms with van der Waals surface area (Å²) in [5.41, 5.74) is 2.69. The number of amides is 1. The van der Waals surface area contributed by atoms with E-state index in [2.05, 4.69) is 45.2 Å². The number of hydrogen-bond donors (Lipinski definition) is 1. The third-order valence-corrected chi connectivity index (χ3v) is 5.07. The third-order valence-electron chi connectivity index (χ3n) is 4.38. The minimum Gasteiger partial charge on any atom is -0.369 e. The highest BCUT2D eigenvalue weighted by atomic mass is 79.9. The Hall–Kier alpha value is -1.52. The van der Waals surface area contributed by atoms with Crippen molar-refractivity contribution in [2.24, 2.45) is 0 Å². The summed E-state index contributed by atoms with van der Waals surface area (Å²) in [6.07, 6.45) is 3.82. The lowest BCUT2D eigenvalue weighted by molar-refractivity contribution is 0.102. The van der Waals surface area contributed by atoms with Crippen molar-refractivity contribution < 1.29 is 4.79 Å². The Balaban J connectivity index is 0.00000208. The van der Waals surface area contributed by atoms with Crippen molar-refractivity contribution in [3.8, 4) is 0 Å². The van der Waals surface area contributed by atoms with Gasteiger partial charge >= 0.3 is 0 Å². The summed E-state index contributed by atoms with van der Waals surface area (Å²) >= 11 is 3.41. The first kappa shape index (κ1) is 18.8. The van der Waals surface area contributed by atoms with Crippen molar-refractivity contribution >= 4 is 45.6 Å². The predicted octanol–water partition coefficient (Wildman–Crippen LogP) is 5.50. The van der Waals surface area contributed by atoms with E-state index in [9.17, 15) is 4.79 Å². The topological polar surface area (TPSA) is 32.3 Å². The van der Waals surface area contributed by atoms with Crippen LogP contribution in [0.5, 0.6) is 0 Å². The maximum absolute atomic E-state index is 12.3. The lowest BCUT2D eigenvalue weighted by Crippen LogP contribution is -2.37. The molecular formula is C19H22BrClN2O. The quantitative estimate of drug-likeness (QED) is 0.725. The highest BCUT2D eigenvalue weighted by molar-refractivity contribution is 9.10. The molecule has 1 aliphatic rings. The second-order valence-electron chi connectivity index (χ2n) is 6.02. The van der Waals surface area contributed by atoms with E-state index in [-0.39, 0.29) is 18.3 Å². The molecular weight excluding hydrogens is 388 g/mol. The van der Waals surface area contributed by atoms with Gasteiger partial charge in [-0.1, -0.05) is 12.1 Å². The van der Waals surface area contributed by atoms with E-state index in [1.165, 1.54) is 24.9 Å². The lowest BCUT2D eigenvalue weighted by atomic mass is 10.0. The van der Waals surface area contributed by atoms with E-state index in [0.717, 1.165) is 16.7 Å². The maximum Gasteiger partial charge on any atom is 0.256 e. The number of rotatable bonds is 3. The van der Waals surface area contributed by atoms with Gasteiger partial charge in [-0.25, -0.2) is 0 Å². The van der Waals surface area contributed by atoms with Crippen LogP contribution >= 0.6 is 28.3 Å². The molecule has 1 heterocycles. The molecule has 3 rings (SSSR count). The summed E-state index contributed by atoms with van der Waals surface area (Å²) in [7, 11) is 0. The predicted molar refractivity (Wildman–Crippen MR) is 106 cm³/mol. The number of anilines is 2. The molecule has 1 saturated heterocycles. The second-order valence-corrected chi connectivity index (χ2v) is 6.87. The van der Waals surface area contributed by atoms with E-state index in [0.29, 0.717) is 11.6 Å². The van der Waals surface area contributed by atoms with Crippen LogP contribution in [0.2, 0.25) is 0 Å². The van der Waals surface area contributed by atoms with Crippen LogP contribution in [0, 0.1) is 0 Å². The van der Waals surface area contributed by atoms with Gasteiger partial charge in [0.15, 0.2) is 0 Å². The van der Waals surface area contributed by atoms with Crippen LogP contribution in [-0.4, -0.2) is 18.5 Å². The zero-order valence-corrected chi connectivity index (χ0v) is 16.1. The molecule has 1 aliphatic heterocycles. The molecule has 3 nitrogen and oxygen atoms in total. The Morgan fingerprint density at radius 1 is 1.12 bits per heavy atom. The molecule has 128 valence electrons. The van der Waals surface area contributed by atoms with Crippen molar-refractivity contribution in [3.63, 3.8) is 0 Å². The molecule has 1 amide bonds. The normalized spacial score (nSPS) is 17.1. The second kappa shape index (κ2) is 8.54. The Morgan fingerprint density at radius 2 is 1.83 bits per heavy atom. The molecule has 1 atom stereocenters. The van der Waals surface area contributed by atoms with Gasteiger partial charge in [0.25, 0.3) is 5.91 Å². The molecule has 0 aliphatic carbocycles. The lowest BCUT2D eigenvalue weighted by Gasteiger charge is -2.35.